The average molecular weight is 249 g/mol. The summed E-state index contributed by atoms with van der Waals surface area (Å²) in [4.78, 5) is 12.2. The van der Waals surface area contributed by atoms with Crippen LogP contribution in [-0.2, 0) is 0 Å². The minimum absolute atomic E-state index is 0.0239. The van der Waals surface area contributed by atoms with E-state index in [1.807, 2.05) is 6.92 Å². The van der Waals surface area contributed by atoms with Crippen LogP contribution in [-0.4, -0.2) is 28.3 Å². The van der Waals surface area contributed by atoms with E-state index >= 15 is 0 Å². The van der Waals surface area contributed by atoms with E-state index in [1.165, 1.54) is 6.07 Å². The highest BCUT2D eigenvalue weighted by Gasteiger charge is 2.35. The fourth-order valence-electron chi connectivity index (χ4n) is 2.51. The smallest absolute Gasteiger partial charge is 0.255 e. The number of carbonyl (C=O) groups excluding carboxylic acids is 1. The Morgan fingerprint density at radius 1 is 1.39 bits per heavy atom. The zero-order valence-corrected chi connectivity index (χ0v) is 10.6. The fourth-order valence-corrected chi connectivity index (χ4v) is 2.51. The number of aryl methyl sites for hydroxylation is 1. The second-order valence-corrected chi connectivity index (χ2v) is 5.12. The van der Waals surface area contributed by atoms with Crippen molar-refractivity contribution in [3.8, 4) is 5.75 Å². The van der Waals surface area contributed by atoms with Crippen molar-refractivity contribution >= 4 is 5.91 Å². The molecule has 4 heteroatoms. The highest BCUT2D eigenvalue weighted by molar-refractivity contribution is 5.97. The zero-order chi connectivity index (χ0) is 13.2. The lowest BCUT2D eigenvalue weighted by molar-refractivity contribution is 0.0836. The van der Waals surface area contributed by atoms with Crippen LogP contribution in [0.25, 0.3) is 0 Å². The number of nitrogens with one attached hydrogen (secondary N) is 1. The molecule has 0 heterocycles. The lowest BCUT2D eigenvalue weighted by Gasteiger charge is -2.28. The van der Waals surface area contributed by atoms with E-state index in [0.717, 1.165) is 31.2 Å². The number of aliphatic hydroxyl groups excluding tert-OH is 1. The third-order valence-electron chi connectivity index (χ3n) is 3.64. The van der Waals surface area contributed by atoms with Gasteiger partial charge in [0.05, 0.1) is 17.7 Å². The molecule has 98 valence electrons. The lowest BCUT2D eigenvalue weighted by Crippen LogP contribution is -2.49. The molecule has 1 aromatic carbocycles. The molecule has 0 spiro atoms. The monoisotopic (exact) mass is 249 g/mol. The summed E-state index contributed by atoms with van der Waals surface area (Å²) in [5.41, 5.74) is 0.685. The first kappa shape index (κ1) is 12.9. The second kappa shape index (κ2) is 4.98. The number of phenolic OH excluding ortho intramolecular Hbond substituents is 1. The van der Waals surface area contributed by atoms with Crippen molar-refractivity contribution in [2.24, 2.45) is 0 Å². The molecule has 0 radical (unpaired) electrons. The Morgan fingerprint density at radius 3 is 2.67 bits per heavy atom. The van der Waals surface area contributed by atoms with Gasteiger partial charge in [0.1, 0.15) is 5.75 Å². The summed E-state index contributed by atoms with van der Waals surface area (Å²) in [6.07, 6.45) is 3.62. The van der Waals surface area contributed by atoms with Crippen molar-refractivity contribution in [1.82, 2.24) is 5.32 Å². The van der Waals surface area contributed by atoms with Crippen molar-refractivity contribution in [3.05, 3.63) is 29.3 Å². The van der Waals surface area contributed by atoms with E-state index in [4.69, 9.17) is 0 Å². The largest absolute Gasteiger partial charge is 0.507 e. The van der Waals surface area contributed by atoms with Crippen LogP contribution >= 0.6 is 0 Å². The highest BCUT2D eigenvalue weighted by atomic mass is 16.3. The van der Waals surface area contributed by atoms with Crippen molar-refractivity contribution in [2.45, 2.75) is 38.1 Å². The van der Waals surface area contributed by atoms with Crippen molar-refractivity contribution in [1.29, 1.82) is 0 Å². The number of hydrogen-bond donors (Lipinski definition) is 3. The number of aromatic hydroxyl groups is 1. The molecule has 1 aliphatic rings. The number of carbonyl (C=O) groups is 1. The highest BCUT2D eigenvalue weighted by Crippen LogP contribution is 2.30. The third-order valence-corrected chi connectivity index (χ3v) is 3.64. The van der Waals surface area contributed by atoms with Gasteiger partial charge >= 0.3 is 0 Å². The van der Waals surface area contributed by atoms with Gasteiger partial charge in [-0.3, -0.25) is 4.79 Å². The SMILES string of the molecule is Cc1ccc(O)c(C(=O)NC2(CO)CCCC2)c1. The number of rotatable bonds is 3. The molecular weight excluding hydrogens is 230 g/mol. The van der Waals surface area contributed by atoms with Gasteiger partial charge in [0, 0.05) is 0 Å². The summed E-state index contributed by atoms with van der Waals surface area (Å²) in [6, 6.07) is 4.93. The lowest BCUT2D eigenvalue weighted by atomic mass is 9.98. The molecule has 18 heavy (non-hydrogen) atoms. The van der Waals surface area contributed by atoms with E-state index in [0.29, 0.717) is 0 Å². The van der Waals surface area contributed by atoms with Gasteiger partial charge in [-0.25, -0.2) is 0 Å². The van der Waals surface area contributed by atoms with E-state index in [9.17, 15) is 15.0 Å². The molecule has 3 N–H and O–H groups in total. The Bertz CT molecular complexity index is 450. The number of aliphatic hydroxyl groups is 1. The summed E-state index contributed by atoms with van der Waals surface area (Å²) in [5, 5.41) is 22.0. The first-order valence-corrected chi connectivity index (χ1v) is 6.29. The van der Waals surface area contributed by atoms with Gasteiger partial charge in [-0.05, 0) is 31.9 Å². The number of amides is 1. The first-order valence-electron chi connectivity index (χ1n) is 6.29. The van der Waals surface area contributed by atoms with Gasteiger partial charge in [-0.1, -0.05) is 24.5 Å². The average Bonchev–Trinajstić information content (AvgIpc) is 2.81. The maximum absolute atomic E-state index is 12.2. The van der Waals surface area contributed by atoms with Gasteiger partial charge in [0.2, 0.25) is 0 Å². The summed E-state index contributed by atoms with van der Waals surface area (Å²) in [7, 11) is 0. The Kier molecular flexibility index (Phi) is 3.57. The van der Waals surface area contributed by atoms with Crippen LogP contribution in [0.2, 0.25) is 0 Å². The molecule has 0 aliphatic heterocycles. The Labute approximate surface area is 107 Å². The first-order chi connectivity index (χ1) is 8.56. The molecule has 0 saturated heterocycles. The minimum atomic E-state index is -0.507. The van der Waals surface area contributed by atoms with Crippen LogP contribution in [0.5, 0.6) is 5.75 Å². The van der Waals surface area contributed by atoms with Gasteiger partial charge < -0.3 is 15.5 Å². The zero-order valence-electron chi connectivity index (χ0n) is 10.6. The summed E-state index contributed by atoms with van der Waals surface area (Å²) < 4.78 is 0. The quantitative estimate of drug-likeness (QED) is 0.764. The maximum atomic E-state index is 12.2. The topological polar surface area (TPSA) is 69.6 Å². The van der Waals surface area contributed by atoms with Gasteiger partial charge in [0.15, 0.2) is 0 Å². The summed E-state index contributed by atoms with van der Waals surface area (Å²) in [5.74, 6) is -0.337. The van der Waals surface area contributed by atoms with Crippen LogP contribution in [0.1, 0.15) is 41.6 Å². The Hall–Kier alpha value is -1.55. The molecule has 0 aromatic heterocycles. The van der Waals surface area contributed by atoms with Crippen LogP contribution in [0.3, 0.4) is 0 Å². The Morgan fingerprint density at radius 2 is 2.06 bits per heavy atom. The third kappa shape index (κ3) is 2.48. The molecule has 1 saturated carbocycles. The van der Waals surface area contributed by atoms with Gasteiger partial charge in [0.25, 0.3) is 5.91 Å². The molecule has 0 unspecified atom stereocenters. The van der Waals surface area contributed by atoms with E-state index < -0.39 is 5.54 Å². The number of hydrogen-bond acceptors (Lipinski definition) is 3. The number of phenols is 1. The van der Waals surface area contributed by atoms with Gasteiger partial charge in [-0.15, -0.1) is 0 Å². The standard InChI is InChI=1S/C14H19NO3/c1-10-4-5-12(17)11(8-10)13(18)15-14(9-16)6-2-3-7-14/h4-5,8,16-17H,2-3,6-7,9H2,1H3,(H,15,18). The van der Waals surface area contributed by atoms with E-state index in [2.05, 4.69) is 5.32 Å². The molecule has 2 rings (SSSR count). The second-order valence-electron chi connectivity index (χ2n) is 5.12. The predicted octanol–water partition coefficient (Wildman–Crippen LogP) is 1.74. The molecular formula is C14H19NO3. The van der Waals surface area contributed by atoms with Crippen LogP contribution < -0.4 is 5.32 Å². The van der Waals surface area contributed by atoms with Crippen LogP contribution in [0.15, 0.2) is 18.2 Å². The normalized spacial score (nSPS) is 17.7. The van der Waals surface area contributed by atoms with Crippen LogP contribution in [0.4, 0.5) is 0 Å². The van der Waals surface area contributed by atoms with Gasteiger partial charge in [-0.2, -0.15) is 0 Å². The van der Waals surface area contributed by atoms with Crippen molar-refractivity contribution in [2.75, 3.05) is 6.61 Å². The molecule has 1 aliphatic carbocycles. The van der Waals surface area contributed by atoms with E-state index in [-0.39, 0.29) is 23.8 Å². The molecule has 1 aromatic rings. The summed E-state index contributed by atoms with van der Waals surface area (Å²) in [6.45, 7) is 1.82. The maximum Gasteiger partial charge on any atom is 0.255 e. The predicted molar refractivity (Wildman–Crippen MR) is 68.6 cm³/mol. The summed E-state index contributed by atoms with van der Waals surface area (Å²) >= 11 is 0. The van der Waals surface area contributed by atoms with Crippen LogP contribution in [0, 0.1) is 6.92 Å². The molecule has 1 amide bonds. The van der Waals surface area contributed by atoms with E-state index in [1.54, 1.807) is 12.1 Å². The molecule has 4 nitrogen and oxygen atoms in total. The fraction of sp³-hybridized carbons (Fsp3) is 0.500. The Balaban J connectivity index is 2.18. The van der Waals surface area contributed by atoms with Crippen molar-refractivity contribution in [3.63, 3.8) is 0 Å². The molecule has 1 fully saturated rings. The van der Waals surface area contributed by atoms with Crippen molar-refractivity contribution < 1.29 is 15.0 Å². The number of benzene rings is 1. The molecule has 0 atom stereocenters. The minimum Gasteiger partial charge on any atom is -0.507 e. The molecule has 0 bridgehead atoms.